The van der Waals surface area contributed by atoms with Gasteiger partial charge in [0.1, 0.15) is 11.6 Å². The number of anilines is 3. The van der Waals surface area contributed by atoms with Gasteiger partial charge in [-0.1, -0.05) is 0 Å². The van der Waals surface area contributed by atoms with Crippen LogP contribution in [0.15, 0.2) is 36.5 Å². The maximum atomic E-state index is 5.12. The Morgan fingerprint density at radius 2 is 1.90 bits per heavy atom. The van der Waals surface area contributed by atoms with Crippen molar-refractivity contribution < 1.29 is 9.47 Å². The van der Waals surface area contributed by atoms with E-state index in [1.807, 2.05) is 30.3 Å². The monoisotopic (exact) mass is 274 g/mol. The Morgan fingerprint density at radius 3 is 2.60 bits per heavy atom. The first-order valence-corrected chi connectivity index (χ1v) is 6.29. The Hall–Kier alpha value is -2.34. The predicted octanol–water partition coefficient (Wildman–Crippen LogP) is 2.29. The van der Waals surface area contributed by atoms with Gasteiger partial charge >= 0.3 is 0 Å². The van der Waals surface area contributed by atoms with Crippen molar-refractivity contribution in [3.8, 4) is 5.75 Å². The molecule has 0 radical (unpaired) electrons. The van der Waals surface area contributed by atoms with Crippen molar-refractivity contribution in [3.05, 3.63) is 36.5 Å². The van der Waals surface area contributed by atoms with Gasteiger partial charge in [-0.3, -0.25) is 0 Å². The van der Waals surface area contributed by atoms with Crippen molar-refractivity contribution in [1.29, 1.82) is 0 Å². The van der Waals surface area contributed by atoms with Crippen LogP contribution in [0.5, 0.6) is 5.75 Å². The molecule has 2 N–H and O–H groups in total. The van der Waals surface area contributed by atoms with Crippen LogP contribution in [0.25, 0.3) is 0 Å². The van der Waals surface area contributed by atoms with Crippen molar-refractivity contribution in [2.45, 2.75) is 0 Å². The summed E-state index contributed by atoms with van der Waals surface area (Å²) in [7, 11) is 3.30. The molecule has 0 bridgehead atoms. The summed E-state index contributed by atoms with van der Waals surface area (Å²) in [6.45, 7) is 1.28. The maximum Gasteiger partial charge on any atom is 0.224 e. The Balaban J connectivity index is 1.99. The fourth-order valence-electron chi connectivity index (χ4n) is 1.60. The molecule has 0 aliphatic carbocycles. The lowest BCUT2D eigenvalue weighted by molar-refractivity contribution is 0.210. The summed E-state index contributed by atoms with van der Waals surface area (Å²) in [5.41, 5.74) is 0.937. The van der Waals surface area contributed by atoms with Gasteiger partial charge in [0.15, 0.2) is 0 Å². The summed E-state index contributed by atoms with van der Waals surface area (Å²) in [5, 5.41) is 6.29. The highest BCUT2D eigenvalue weighted by molar-refractivity contribution is 5.57. The molecule has 6 heteroatoms. The molecule has 0 fully saturated rings. The van der Waals surface area contributed by atoms with Gasteiger partial charge in [-0.25, -0.2) is 4.98 Å². The average molecular weight is 274 g/mol. The molecule has 1 aromatic heterocycles. The molecule has 1 heterocycles. The summed E-state index contributed by atoms with van der Waals surface area (Å²) >= 11 is 0. The van der Waals surface area contributed by atoms with Crippen LogP contribution in [0.1, 0.15) is 0 Å². The Kier molecular flexibility index (Phi) is 5.14. The van der Waals surface area contributed by atoms with E-state index in [1.165, 1.54) is 0 Å². The molecule has 1 aromatic carbocycles. The van der Waals surface area contributed by atoms with Crippen molar-refractivity contribution in [3.63, 3.8) is 0 Å². The third-order valence-electron chi connectivity index (χ3n) is 2.61. The molecule has 0 unspecified atom stereocenters. The lowest BCUT2D eigenvalue weighted by atomic mass is 10.3. The van der Waals surface area contributed by atoms with Crippen LogP contribution >= 0.6 is 0 Å². The number of nitrogens with zero attached hydrogens (tertiary/aromatic N) is 2. The molecular formula is C14H18N4O2. The van der Waals surface area contributed by atoms with Crippen LogP contribution in [0.3, 0.4) is 0 Å². The molecule has 0 atom stereocenters. The second-order valence-corrected chi connectivity index (χ2v) is 4.04. The smallest absolute Gasteiger partial charge is 0.224 e. The lowest BCUT2D eigenvalue weighted by Crippen LogP contribution is -2.10. The van der Waals surface area contributed by atoms with Gasteiger partial charge in [0.25, 0.3) is 0 Å². The Bertz CT molecular complexity index is 531. The van der Waals surface area contributed by atoms with Crippen molar-refractivity contribution in [2.24, 2.45) is 0 Å². The van der Waals surface area contributed by atoms with E-state index in [-0.39, 0.29) is 0 Å². The zero-order valence-corrected chi connectivity index (χ0v) is 11.6. The molecule has 2 rings (SSSR count). The van der Waals surface area contributed by atoms with Crippen LogP contribution in [0.2, 0.25) is 0 Å². The van der Waals surface area contributed by atoms with Crippen LogP contribution in [0.4, 0.5) is 17.5 Å². The molecule has 20 heavy (non-hydrogen) atoms. The number of methoxy groups -OCH3 is 2. The van der Waals surface area contributed by atoms with E-state index in [9.17, 15) is 0 Å². The second kappa shape index (κ2) is 7.30. The molecule has 2 aromatic rings. The zero-order chi connectivity index (χ0) is 14.2. The normalized spacial score (nSPS) is 10.1. The minimum absolute atomic E-state index is 0.570. The molecular weight excluding hydrogens is 256 g/mol. The van der Waals surface area contributed by atoms with Gasteiger partial charge in [-0.05, 0) is 30.3 Å². The van der Waals surface area contributed by atoms with Crippen molar-refractivity contribution >= 4 is 17.5 Å². The predicted molar refractivity (Wildman–Crippen MR) is 78.7 cm³/mol. The molecule has 0 aliphatic heterocycles. The van der Waals surface area contributed by atoms with E-state index in [2.05, 4.69) is 20.6 Å². The Labute approximate surface area is 118 Å². The van der Waals surface area contributed by atoms with E-state index < -0.39 is 0 Å². The number of rotatable bonds is 7. The van der Waals surface area contributed by atoms with E-state index >= 15 is 0 Å². The minimum atomic E-state index is 0.570. The number of aromatic nitrogens is 2. The largest absolute Gasteiger partial charge is 0.497 e. The van der Waals surface area contributed by atoms with Gasteiger partial charge in [0.05, 0.1) is 13.7 Å². The first kappa shape index (κ1) is 14.1. The van der Waals surface area contributed by atoms with E-state index in [1.54, 1.807) is 20.4 Å². The van der Waals surface area contributed by atoms with Crippen molar-refractivity contribution in [1.82, 2.24) is 9.97 Å². The van der Waals surface area contributed by atoms with Crippen LogP contribution < -0.4 is 15.4 Å². The lowest BCUT2D eigenvalue weighted by Gasteiger charge is -2.08. The summed E-state index contributed by atoms with van der Waals surface area (Å²) in [6.07, 6.45) is 1.70. The van der Waals surface area contributed by atoms with Crippen LogP contribution in [-0.2, 0) is 4.74 Å². The van der Waals surface area contributed by atoms with Gasteiger partial charge < -0.3 is 20.1 Å². The summed E-state index contributed by atoms with van der Waals surface area (Å²) in [5.74, 6) is 2.12. The van der Waals surface area contributed by atoms with Crippen LogP contribution in [-0.4, -0.2) is 37.3 Å². The number of nitrogens with one attached hydrogen (secondary N) is 2. The fourth-order valence-corrected chi connectivity index (χ4v) is 1.60. The zero-order valence-electron chi connectivity index (χ0n) is 11.6. The third kappa shape index (κ3) is 4.10. The van der Waals surface area contributed by atoms with Gasteiger partial charge in [-0.2, -0.15) is 4.98 Å². The molecule has 0 aliphatic rings. The van der Waals surface area contributed by atoms with Gasteiger partial charge in [-0.15, -0.1) is 0 Å². The molecule has 0 spiro atoms. The molecule has 6 nitrogen and oxygen atoms in total. The molecule has 106 valence electrons. The van der Waals surface area contributed by atoms with E-state index in [4.69, 9.17) is 9.47 Å². The summed E-state index contributed by atoms with van der Waals surface area (Å²) in [6, 6.07) is 9.45. The highest BCUT2D eigenvalue weighted by Crippen LogP contribution is 2.18. The quantitative estimate of drug-likeness (QED) is 0.755. The number of ether oxygens (including phenoxy) is 2. The molecule has 0 saturated carbocycles. The third-order valence-corrected chi connectivity index (χ3v) is 2.61. The van der Waals surface area contributed by atoms with E-state index in [0.29, 0.717) is 19.1 Å². The Morgan fingerprint density at radius 1 is 1.10 bits per heavy atom. The first-order valence-electron chi connectivity index (χ1n) is 6.29. The second-order valence-electron chi connectivity index (χ2n) is 4.04. The minimum Gasteiger partial charge on any atom is -0.497 e. The maximum absolute atomic E-state index is 5.12. The van der Waals surface area contributed by atoms with Crippen LogP contribution in [0, 0.1) is 0 Å². The van der Waals surface area contributed by atoms with E-state index in [0.717, 1.165) is 17.3 Å². The van der Waals surface area contributed by atoms with Crippen molar-refractivity contribution in [2.75, 3.05) is 38.0 Å². The van der Waals surface area contributed by atoms with Gasteiger partial charge in [0.2, 0.25) is 5.95 Å². The first-order chi connectivity index (χ1) is 9.81. The number of benzene rings is 1. The molecule has 0 amide bonds. The average Bonchev–Trinajstić information content (AvgIpc) is 2.49. The standard InChI is InChI=1S/C14H18N4O2/c1-19-10-9-16-14-15-8-7-13(18-14)17-11-3-5-12(20-2)6-4-11/h3-8H,9-10H2,1-2H3,(H2,15,16,17,18). The number of hydrogen-bond donors (Lipinski definition) is 2. The van der Waals surface area contributed by atoms with Gasteiger partial charge in [0, 0.05) is 25.5 Å². The SMILES string of the molecule is COCCNc1nccc(Nc2ccc(OC)cc2)n1. The highest BCUT2D eigenvalue weighted by Gasteiger charge is 2.00. The highest BCUT2D eigenvalue weighted by atomic mass is 16.5. The summed E-state index contributed by atoms with van der Waals surface area (Å²) in [4.78, 5) is 8.50. The fraction of sp³-hybridized carbons (Fsp3) is 0.286. The molecule has 0 saturated heterocycles. The summed E-state index contributed by atoms with van der Waals surface area (Å²) < 4.78 is 10.1. The topological polar surface area (TPSA) is 68.3 Å². The number of hydrogen-bond acceptors (Lipinski definition) is 6.